The van der Waals surface area contributed by atoms with E-state index in [0.29, 0.717) is 11.2 Å². The molecule has 32 heavy (non-hydrogen) atoms. The molecule has 1 amide bonds. The number of H-pyrrole nitrogens is 1. The highest BCUT2D eigenvalue weighted by atomic mass is 35.5. The van der Waals surface area contributed by atoms with Gasteiger partial charge in [0, 0.05) is 59.1 Å². The lowest BCUT2D eigenvalue weighted by Crippen LogP contribution is -2.39. The number of fused-ring (bicyclic) bond motifs is 1. The molecule has 4 aromatic rings. The van der Waals surface area contributed by atoms with Crippen molar-refractivity contribution in [3.05, 3.63) is 76.7 Å². The maximum atomic E-state index is 13.2. The third-order valence-electron chi connectivity index (χ3n) is 5.97. The second-order valence-electron chi connectivity index (χ2n) is 8.31. The minimum absolute atomic E-state index is 0.0465. The second kappa shape index (κ2) is 8.33. The SMILES string of the molecule is Cc1cc(-c2n[nH]c3ncc(C(=O)N[C@@H]4CN(C)C[C@H]4c4ccccc4Cl)cc23)ccn1. The molecule has 0 spiro atoms. The summed E-state index contributed by atoms with van der Waals surface area (Å²) in [6.07, 6.45) is 3.33. The number of pyridine rings is 2. The highest BCUT2D eigenvalue weighted by molar-refractivity contribution is 6.31. The average molecular weight is 447 g/mol. The molecule has 8 heteroatoms. The number of carbonyl (C=O) groups is 1. The lowest BCUT2D eigenvalue weighted by Gasteiger charge is -2.21. The first-order valence-electron chi connectivity index (χ1n) is 10.5. The standard InChI is InChI=1S/C24H23ClN6O/c1-14-9-15(7-8-26-14)22-18-10-16(11-27-23(18)30-29-22)24(32)28-21-13-31(2)12-19(21)17-5-3-4-6-20(17)25/h3-11,19,21H,12-13H2,1-2H3,(H,28,32)(H,27,29,30)/t19-,21+/m0/s1. The Labute approximate surface area is 190 Å². The zero-order chi connectivity index (χ0) is 22.2. The van der Waals surface area contributed by atoms with Gasteiger partial charge in [-0.25, -0.2) is 4.98 Å². The van der Waals surface area contributed by atoms with Crippen LogP contribution in [-0.2, 0) is 0 Å². The van der Waals surface area contributed by atoms with E-state index in [1.54, 1.807) is 12.4 Å². The zero-order valence-electron chi connectivity index (χ0n) is 17.8. The fourth-order valence-corrected chi connectivity index (χ4v) is 4.71. The van der Waals surface area contributed by atoms with E-state index >= 15 is 0 Å². The van der Waals surface area contributed by atoms with Crippen molar-refractivity contribution in [3.63, 3.8) is 0 Å². The third kappa shape index (κ3) is 3.85. The summed E-state index contributed by atoms with van der Waals surface area (Å²) in [4.78, 5) is 24.1. The van der Waals surface area contributed by atoms with Gasteiger partial charge in [-0.05, 0) is 43.8 Å². The van der Waals surface area contributed by atoms with Crippen molar-refractivity contribution in [2.75, 3.05) is 20.1 Å². The largest absolute Gasteiger partial charge is 0.347 e. The van der Waals surface area contributed by atoms with Gasteiger partial charge in [-0.15, -0.1) is 0 Å². The first-order chi connectivity index (χ1) is 15.5. The molecule has 1 aromatic carbocycles. The van der Waals surface area contributed by atoms with E-state index < -0.39 is 0 Å². The van der Waals surface area contributed by atoms with Crippen molar-refractivity contribution in [2.24, 2.45) is 0 Å². The van der Waals surface area contributed by atoms with E-state index in [2.05, 4.69) is 37.4 Å². The Morgan fingerprint density at radius 1 is 1.19 bits per heavy atom. The molecular formula is C24H23ClN6O. The van der Waals surface area contributed by atoms with E-state index in [0.717, 1.165) is 46.0 Å². The number of hydrogen-bond acceptors (Lipinski definition) is 5. The number of likely N-dealkylation sites (tertiary alicyclic amines) is 1. The van der Waals surface area contributed by atoms with Crippen LogP contribution in [0.15, 0.2) is 54.9 Å². The predicted octanol–water partition coefficient (Wildman–Crippen LogP) is 3.81. The summed E-state index contributed by atoms with van der Waals surface area (Å²) in [7, 11) is 2.05. The summed E-state index contributed by atoms with van der Waals surface area (Å²) in [6.45, 7) is 3.52. The second-order valence-corrected chi connectivity index (χ2v) is 8.71. The molecule has 1 aliphatic rings. The van der Waals surface area contributed by atoms with Crippen LogP contribution in [0.25, 0.3) is 22.3 Å². The number of nitrogens with one attached hydrogen (secondary N) is 2. The van der Waals surface area contributed by atoms with Gasteiger partial charge in [0.1, 0.15) is 5.69 Å². The fourth-order valence-electron chi connectivity index (χ4n) is 4.43. The molecule has 2 N–H and O–H groups in total. The molecule has 0 radical (unpaired) electrons. The van der Waals surface area contributed by atoms with Crippen LogP contribution in [0.3, 0.4) is 0 Å². The Kier molecular flexibility index (Phi) is 5.36. The molecule has 4 heterocycles. The molecule has 162 valence electrons. The fraction of sp³-hybridized carbons (Fsp3) is 0.250. The van der Waals surface area contributed by atoms with Crippen molar-refractivity contribution >= 4 is 28.5 Å². The molecule has 7 nitrogen and oxygen atoms in total. The molecule has 1 saturated heterocycles. The number of aromatic amines is 1. The Hall–Kier alpha value is -3.29. The van der Waals surface area contributed by atoms with Gasteiger partial charge in [0.25, 0.3) is 5.91 Å². The first kappa shape index (κ1) is 20.6. The monoisotopic (exact) mass is 446 g/mol. The van der Waals surface area contributed by atoms with Crippen LogP contribution >= 0.6 is 11.6 Å². The van der Waals surface area contributed by atoms with Gasteiger partial charge >= 0.3 is 0 Å². The summed E-state index contributed by atoms with van der Waals surface area (Å²) in [5.41, 5.74) is 4.78. The van der Waals surface area contributed by atoms with Crippen LogP contribution in [0.2, 0.25) is 5.02 Å². The molecule has 0 saturated carbocycles. The highest BCUT2D eigenvalue weighted by Gasteiger charge is 2.34. The van der Waals surface area contributed by atoms with Crippen LogP contribution in [0.5, 0.6) is 0 Å². The van der Waals surface area contributed by atoms with Gasteiger partial charge < -0.3 is 10.2 Å². The van der Waals surface area contributed by atoms with E-state index in [4.69, 9.17) is 11.6 Å². The number of nitrogens with zero attached hydrogens (tertiary/aromatic N) is 4. The number of rotatable bonds is 4. The normalized spacial score (nSPS) is 18.8. The van der Waals surface area contributed by atoms with E-state index in [1.807, 2.05) is 49.4 Å². The lowest BCUT2D eigenvalue weighted by molar-refractivity contribution is 0.0935. The molecule has 0 bridgehead atoms. The van der Waals surface area contributed by atoms with Crippen LogP contribution in [0, 0.1) is 6.92 Å². The van der Waals surface area contributed by atoms with Gasteiger partial charge in [0.2, 0.25) is 0 Å². The average Bonchev–Trinajstić information content (AvgIpc) is 3.36. The molecule has 5 rings (SSSR count). The van der Waals surface area contributed by atoms with Gasteiger partial charge in [0.05, 0.1) is 5.56 Å². The van der Waals surface area contributed by atoms with Crippen molar-refractivity contribution in [2.45, 2.75) is 18.9 Å². The quantitative estimate of drug-likeness (QED) is 0.497. The van der Waals surface area contributed by atoms with E-state index in [-0.39, 0.29) is 17.9 Å². The van der Waals surface area contributed by atoms with Gasteiger partial charge in [-0.2, -0.15) is 5.10 Å². The number of hydrogen-bond donors (Lipinski definition) is 2. The summed E-state index contributed by atoms with van der Waals surface area (Å²) < 4.78 is 0. The summed E-state index contributed by atoms with van der Waals surface area (Å²) in [6, 6.07) is 13.5. The number of aryl methyl sites for hydroxylation is 1. The summed E-state index contributed by atoms with van der Waals surface area (Å²) >= 11 is 6.45. The molecule has 3 aromatic heterocycles. The topological polar surface area (TPSA) is 86.8 Å². The minimum Gasteiger partial charge on any atom is -0.347 e. The van der Waals surface area contributed by atoms with Crippen LogP contribution in [-0.4, -0.2) is 57.2 Å². The molecule has 0 aliphatic carbocycles. The zero-order valence-corrected chi connectivity index (χ0v) is 18.6. The number of benzene rings is 1. The highest BCUT2D eigenvalue weighted by Crippen LogP contribution is 2.32. The third-order valence-corrected chi connectivity index (χ3v) is 6.32. The maximum Gasteiger partial charge on any atom is 0.253 e. The van der Waals surface area contributed by atoms with Crippen LogP contribution in [0.1, 0.15) is 27.5 Å². The Bertz CT molecular complexity index is 1300. The van der Waals surface area contributed by atoms with Gasteiger partial charge in [-0.1, -0.05) is 29.8 Å². The van der Waals surface area contributed by atoms with Crippen LogP contribution < -0.4 is 5.32 Å². The first-order valence-corrected chi connectivity index (χ1v) is 10.9. The molecule has 2 atom stereocenters. The van der Waals surface area contributed by atoms with Crippen molar-refractivity contribution in [3.8, 4) is 11.3 Å². The number of halogens is 1. The Morgan fingerprint density at radius 2 is 2.03 bits per heavy atom. The van der Waals surface area contributed by atoms with E-state index in [1.165, 1.54) is 0 Å². The van der Waals surface area contributed by atoms with Crippen molar-refractivity contribution < 1.29 is 4.79 Å². The molecular weight excluding hydrogens is 424 g/mol. The summed E-state index contributed by atoms with van der Waals surface area (Å²) in [5.74, 6) is -0.0339. The Balaban J connectivity index is 1.43. The molecule has 1 aliphatic heterocycles. The number of amides is 1. The predicted molar refractivity (Wildman–Crippen MR) is 125 cm³/mol. The molecule has 0 unspecified atom stereocenters. The number of likely N-dealkylation sites (N-methyl/N-ethyl adjacent to an activating group) is 1. The number of carbonyl (C=O) groups excluding carboxylic acids is 1. The van der Waals surface area contributed by atoms with Crippen molar-refractivity contribution in [1.29, 1.82) is 0 Å². The van der Waals surface area contributed by atoms with Crippen LogP contribution in [0.4, 0.5) is 0 Å². The van der Waals surface area contributed by atoms with Gasteiger partial charge in [-0.3, -0.25) is 14.9 Å². The van der Waals surface area contributed by atoms with Crippen molar-refractivity contribution in [1.82, 2.24) is 30.4 Å². The lowest BCUT2D eigenvalue weighted by atomic mass is 9.94. The Morgan fingerprint density at radius 3 is 2.84 bits per heavy atom. The minimum atomic E-state index is -0.158. The van der Waals surface area contributed by atoms with E-state index in [9.17, 15) is 4.79 Å². The van der Waals surface area contributed by atoms with Gasteiger partial charge in [0.15, 0.2) is 5.65 Å². The summed E-state index contributed by atoms with van der Waals surface area (Å²) in [5, 5.41) is 12.1. The maximum absolute atomic E-state index is 13.2. The smallest absolute Gasteiger partial charge is 0.253 e. The number of aromatic nitrogens is 4. The molecule has 1 fully saturated rings.